The number of hydrogen-bond acceptors (Lipinski definition) is 5. The molecule has 8 heteroatoms. The van der Waals surface area contributed by atoms with Gasteiger partial charge in [-0.05, 0) is 36.8 Å². The van der Waals surface area contributed by atoms with Gasteiger partial charge in [0.2, 0.25) is 0 Å². The number of aromatic nitrogens is 2. The first-order chi connectivity index (χ1) is 14.1. The maximum absolute atomic E-state index is 13.2. The third-order valence-corrected chi connectivity index (χ3v) is 5.63. The van der Waals surface area contributed by atoms with Crippen LogP contribution in [-0.2, 0) is 0 Å². The monoisotopic (exact) mass is 422 g/mol. The van der Waals surface area contributed by atoms with Gasteiger partial charge in [0.25, 0.3) is 5.56 Å². The van der Waals surface area contributed by atoms with E-state index in [1.54, 1.807) is 7.11 Å². The molecule has 2 N–H and O–H groups in total. The molecule has 0 radical (unpaired) electrons. The van der Waals surface area contributed by atoms with Crippen molar-refractivity contribution in [3.8, 4) is 16.9 Å². The fraction of sp³-hybridized carbons (Fsp3) is 0.0952. The third-order valence-electron chi connectivity index (χ3n) is 4.43. The van der Waals surface area contributed by atoms with Crippen molar-refractivity contribution in [2.45, 2.75) is 6.92 Å². The Balaban J connectivity index is 1.69. The lowest BCUT2D eigenvalue weighted by Gasteiger charge is -2.14. The number of fused-ring (bicyclic) bond motifs is 1. The Hall–Kier alpha value is -3.23. The standard InChI is InChI=1S/C21H18N4O2S2/c1-13-17(14-8-4-3-5-9-14)18-19(29-13)22-12-25(20(18)26)24-21(28)23-15-10-6-7-11-16(15)27-2/h3-12H,1-2H3,(H2,23,24,28). The zero-order valence-corrected chi connectivity index (χ0v) is 17.4. The Morgan fingerprint density at radius 1 is 1.14 bits per heavy atom. The molecule has 0 aliphatic rings. The highest BCUT2D eigenvalue weighted by atomic mass is 32.1. The molecule has 0 aliphatic carbocycles. The van der Waals surface area contributed by atoms with Gasteiger partial charge < -0.3 is 10.1 Å². The molecule has 0 atom stereocenters. The molecule has 2 aromatic heterocycles. The number of hydrogen-bond donors (Lipinski definition) is 2. The molecule has 2 aromatic carbocycles. The largest absolute Gasteiger partial charge is 0.495 e. The number of aryl methyl sites for hydroxylation is 1. The maximum Gasteiger partial charge on any atom is 0.281 e. The number of anilines is 1. The minimum Gasteiger partial charge on any atom is -0.495 e. The smallest absolute Gasteiger partial charge is 0.281 e. The van der Waals surface area contributed by atoms with E-state index in [1.807, 2.05) is 61.5 Å². The molecule has 4 rings (SSSR count). The molecule has 0 amide bonds. The van der Waals surface area contributed by atoms with Crippen LogP contribution < -0.4 is 21.0 Å². The molecule has 29 heavy (non-hydrogen) atoms. The van der Waals surface area contributed by atoms with E-state index in [-0.39, 0.29) is 10.7 Å². The predicted molar refractivity (Wildman–Crippen MR) is 123 cm³/mol. The van der Waals surface area contributed by atoms with E-state index in [4.69, 9.17) is 17.0 Å². The first-order valence-electron chi connectivity index (χ1n) is 8.85. The number of ether oxygens (including phenoxy) is 1. The van der Waals surface area contributed by atoms with Crippen LogP contribution in [0.25, 0.3) is 21.3 Å². The average molecular weight is 423 g/mol. The topological polar surface area (TPSA) is 68.2 Å². The van der Waals surface area contributed by atoms with Gasteiger partial charge in [-0.15, -0.1) is 11.3 Å². The van der Waals surface area contributed by atoms with E-state index in [9.17, 15) is 4.79 Å². The fourth-order valence-corrected chi connectivity index (χ4v) is 4.35. The normalized spacial score (nSPS) is 10.7. The first-order valence-corrected chi connectivity index (χ1v) is 10.1. The van der Waals surface area contributed by atoms with Crippen molar-refractivity contribution in [1.29, 1.82) is 0 Å². The third kappa shape index (κ3) is 3.72. The Morgan fingerprint density at radius 3 is 2.62 bits per heavy atom. The number of thiophene rings is 1. The summed E-state index contributed by atoms with van der Waals surface area (Å²) in [6.45, 7) is 2.00. The van der Waals surface area contributed by atoms with Gasteiger partial charge in [-0.1, -0.05) is 42.5 Å². The highest BCUT2D eigenvalue weighted by Crippen LogP contribution is 2.35. The van der Waals surface area contributed by atoms with Crippen LogP contribution >= 0.6 is 23.6 Å². The van der Waals surface area contributed by atoms with E-state index in [1.165, 1.54) is 22.3 Å². The van der Waals surface area contributed by atoms with Gasteiger partial charge in [0.05, 0.1) is 18.2 Å². The van der Waals surface area contributed by atoms with Gasteiger partial charge >= 0.3 is 0 Å². The molecule has 0 spiro atoms. The van der Waals surface area contributed by atoms with Crippen molar-refractivity contribution >= 4 is 44.6 Å². The van der Waals surface area contributed by atoms with Crippen molar-refractivity contribution in [3.05, 3.63) is 76.2 Å². The summed E-state index contributed by atoms with van der Waals surface area (Å²) in [6.07, 6.45) is 1.45. The summed E-state index contributed by atoms with van der Waals surface area (Å²) < 4.78 is 6.61. The van der Waals surface area contributed by atoms with Gasteiger partial charge in [-0.2, -0.15) is 0 Å². The second kappa shape index (κ2) is 8.02. The van der Waals surface area contributed by atoms with Crippen LogP contribution in [0.5, 0.6) is 5.75 Å². The molecule has 0 fully saturated rings. The zero-order chi connectivity index (χ0) is 20.4. The summed E-state index contributed by atoms with van der Waals surface area (Å²) in [5.41, 5.74) is 5.29. The van der Waals surface area contributed by atoms with Crippen molar-refractivity contribution < 1.29 is 4.74 Å². The summed E-state index contributed by atoms with van der Waals surface area (Å²) in [4.78, 5) is 19.4. The minimum atomic E-state index is -0.206. The van der Waals surface area contributed by atoms with E-state index >= 15 is 0 Å². The van der Waals surface area contributed by atoms with Gasteiger partial charge in [0, 0.05) is 10.4 Å². The van der Waals surface area contributed by atoms with E-state index in [0.717, 1.165) is 16.0 Å². The Morgan fingerprint density at radius 2 is 1.86 bits per heavy atom. The first kappa shape index (κ1) is 19.1. The summed E-state index contributed by atoms with van der Waals surface area (Å²) in [5.74, 6) is 0.650. The van der Waals surface area contributed by atoms with Crippen LogP contribution in [-0.4, -0.2) is 21.9 Å². The molecule has 0 saturated carbocycles. The zero-order valence-electron chi connectivity index (χ0n) is 15.8. The van der Waals surface area contributed by atoms with Crippen LogP contribution in [0.3, 0.4) is 0 Å². The average Bonchev–Trinajstić information content (AvgIpc) is 3.08. The molecule has 0 bridgehead atoms. The Bertz CT molecular complexity index is 1250. The van der Waals surface area contributed by atoms with Crippen molar-refractivity contribution in [3.63, 3.8) is 0 Å². The SMILES string of the molecule is COc1ccccc1NC(=S)Nn1cnc2sc(C)c(-c3ccccc3)c2c1=O. The summed E-state index contributed by atoms with van der Waals surface area (Å²) in [5, 5.41) is 3.88. The lowest BCUT2D eigenvalue weighted by atomic mass is 10.0. The molecule has 6 nitrogen and oxygen atoms in total. The highest BCUT2D eigenvalue weighted by molar-refractivity contribution is 7.80. The summed E-state index contributed by atoms with van der Waals surface area (Å²) >= 11 is 6.88. The Labute approximate surface area is 176 Å². The quantitative estimate of drug-likeness (QED) is 0.476. The predicted octanol–water partition coefficient (Wildman–Crippen LogP) is 4.38. The molecule has 0 saturated heterocycles. The lowest BCUT2D eigenvalue weighted by Crippen LogP contribution is -2.35. The van der Waals surface area contributed by atoms with Crippen LogP contribution in [0.4, 0.5) is 5.69 Å². The van der Waals surface area contributed by atoms with Gasteiger partial charge in [0.1, 0.15) is 16.9 Å². The fourth-order valence-electron chi connectivity index (χ4n) is 3.14. The van der Waals surface area contributed by atoms with Gasteiger partial charge in [-0.3, -0.25) is 10.2 Å². The molecule has 4 aromatic rings. The molecular formula is C21H18N4O2S2. The molecule has 0 aliphatic heterocycles. The Kier molecular flexibility index (Phi) is 5.28. The second-order valence-corrected chi connectivity index (χ2v) is 7.88. The maximum atomic E-state index is 13.2. The number of methoxy groups -OCH3 is 1. The number of nitrogens with one attached hydrogen (secondary N) is 2. The van der Waals surface area contributed by atoms with Crippen molar-refractivity contribution in [1.82, 2.24) is 9.66 Å². The number of thiocarbonyl (C=S) groups is 1. The number of nitrogens with zero attached hydrogens (tertiary/aromatic N) is 2. The number of para-hydroxylation sites is 2. The second-order valence-electron chi connectivity index (χ2n) is 6.27. The van der Waals surface area contributed by atoms with Crippen molar-refractivity contribution in [2.24, 2.45) is 0 Å². The highest BCUT2D eigenvalue weighted by Gasteiger charge is 2.17. The van der Waals surface area contributed by atoms with E-state index in [2.05, 4.69) is 15.7 Å². The summed E-state index contributed by atoms with van der Waals surface area (Å²) in [7, 11) is 1.59. The molecule has 146 valence electrons. The summed E-state index contributed by atoms with van der Waals surface area (Å²) in [6, 6.07) is 17.3. The van der Waals surface area contributed by atoms with Crippen LogP contribution in [0.2, 0.25) is 0 Å². The molecular weight excluding hydrogens is 404 g/mol. The van der Waals surface area contributed by atoms with Crippen molar-refractivity contribution in [2.75, 3.05) is 17.9 Å². The van der Waals surface area contributed by atoms with Crippen LogP contribution in [0.15, 0.2) is 65.7 Å². The minimum absolute atomic E-state index is 0.206. The number of rotatable bonds is 4. The molecule has 0 unspecified atom stereocenters. The van der Waals surface area contributed by atoms with E-state index in [0.29, 0.717) is 21.7 Å². The van der Waals surface area contributed by atoms with Gasteiger partial charge in [-0.25, -0.2) is 9.66 Å². The van der Waals surface area contributed by atoms with E-state index < -0.39 is 0 Å². The molecule has 2 heterocycles. The van der Waals surface area contributed by atoms with Crippen LogP contribution in [0.1, 0.15) is 4.88 Å². The number of benzene rings is 2. The van der Waals surface area contributed by atoms with Crippen LogP contribution in [0, 0.1) is 6.92 Å². The lowest BCUT2D eigenvalue weighted by molar-refractivity contribution is 0.417. The van der Waals surface area contributed by atoms with Gasteiger partial charge in [0.15, 0.2) is 5.11 Å².